The fraction of sp³-hybridized carbons (Fsp3) is 0.586. The molecule has 1 atom stereocenters. The summed E-state index contributed by atoms with van der Waals surface area (Å²) in [6.07, 6.45) is 0. The van der Waals surface area contributed by atoms with Crippen LogP contribution < -0.4 is 9.47 Å². The minimum Gasteiger partial charge on any atom is -0.494 e. The minimum absolute atomic E-state index is 0.0583. The van der Waals surface area contributed by atoms with Gasteiger partial charge in [-0.2, -0.15) is 8.61 Å². The van der Waals surface area contributed by atoms with Gasteiger partial charge in [0.25, 0.3) is 0 Å². The van der Waals surface area contributed by atoms with Gasteiger partial charge in [-0.15, -0.1) is 0 Å². The fourth-order valence-corrected chi connectivity index (χ4v) is 8.02. The minimum atomic E-state index is -3.86. The first kappa shape index (κ1) is 31.4. The maximum Gasteiger partial charge on any atom is 0.243 e. The van der Waals surface area contributed by atoms with Crippen LogP contribution in [0.1, 0.15) is 73.4 Å². The van der Waals surface area contributed by atoms with Crippen molar-refractivity contribution in [1.29, 1.82) is 0 Å². The van der Waals surface area contributed by atoms with Crippen LogP contribution in [0, 0.1) is 0 Å². The summed E-state index contributed by atoms with van der Waals surface area (Å²) in [6, 6.07) is 9.37. The Morgan fingerprint density at radius 2 is 1.18 bits per heavy atom. The number of benzene rings is 2. The molecule has 1 aliphatic heterocycles. The van der Waals surface area contributed by atoms with Crippen molar-refractivity contribution in [2.75, 3.05) is 32.8 Å². The zero-order valence-electron chi connectivity index (χ0n) is 24.7. The molecule has 2 aromatic rings. The van der Waals surface area contributed by atoms with Gasteiger partial charge in [-0.05, 0) is 68.0 Å². The third kappa shape index (κ3) is 6.61. The number of rotatable bonds is 8. The van der Waals surface area contributed by atoms with E-state index in [4.69, 9.17) is 9.47 Å². The molecule has 0 unspecified atom stereocenters. The second-order valence-electron chi connectivity index (χ2n) is 12.0. The van der Waals surface area contributed by atoms with E-state index in [-0.39, 0.29) is 40.3 Å². The van der Waals surface area contributed by atoms with Gasteiger partial charge in [0.1, 0.15) is 11.5 Å². The van der Waals surface area contributed by atoms with Gasteiger partial charge in [0.05, 0.1) is 23.0 Å². The van der Waals surface area contributed by atoms with Crippen LogP contribution in [0.4, 0.5) is 0 Å². The Labute approximate surface area is 235 Å². The SMILES string of the molecule is CCOc1ccc(S(=O)(=O)N2CCN(S(=O)(=O)c3ccc(OCC)c(C(C)(C)C)c3)[C@H](C)C2)cc1C(C)(C)C. The van der Waals surface area contributed by atoms with Crippen LogP contribution in [0.5, 0.6) is 11.5 Å². The van der Waals surface area contributed by atoms with Gasteiger partial charge in [0.15, 0.2) is 0 Å². The van der Waals surface area contributed by atoms with Gasteiger partial charge in [-0.1, -0.05) is 41.5 Å². The number of sulfonamides is 2. The van der Waals surface area contributed by atoms with Crippen molar-refractivity contribution in [3.8, 4) is 11.5 Å². The quantitative estimate of drug-likeness (QED) is 0.428. The van der Waals surface area contributed by atoms with E-state index in [1.165, 1.54) is 8.61 Å². The first-order chi connectivity index (χ1) is 17.9. The zero-order valence-corrected chi connectivity index (χ0v) is 26.4. The lowest BCUT2D eigenvalue weighted by atomic mass is 9.86. The molecule has 10 heteroatoms. The highest BCUT2D eigenvalue weighted by atomic mass is 32.2. The Morgan fingerprint density at radius 1 is 0.744 bits per heavy atom. The molecule has 0 aliphatic carbocycles. The van der Waals surface area contributed by atoms with Gasteiger partial charge in [-0.25, -0.2) is 16.8 Å². The predicted octanol–water partition coefficient (Wildman–Crippen LogP) is 5.16. The smallest absolute Gasteiger partial charge is 0.243 e. The van der Waals surface area contributed by atoms with E-state index in [0.717, 1.165) is 11.1 Å². The first-order valence-corrected chi connectivity index (χ1v) is 16.4. The van der Waals surface area contributed by atoms with Crippen LogP contribution in [0.2, 0.25) is 0 Å². The second kappa shape index (κ2) is 11.4. The van der Waals surface area contributed by atoms with Crippen molar-refractivity contribution in [3.63, 3.8) is 0 Å². The predicted molar refractivity (Wildman–Crippen MR) is 155 cm³/mol. The standard InChI is InChI=1S/C29H44N2O6S2/c1-10-36-26-14-12-22(18-24(26)28(4,5)6)38(32,33)30-16-17-31(21(3)20-30)39(34,35)23-13-15-27(37-11-2)25(19-23)29(7,8)9/h12-15,18-19,21H,10-11,16-17,20H2,1-9H3/t21-/m1/s1. The molecule has 1 heterocycles. The van der Waals surface area contributed by atoms with Crippen molar-refractivity contribution < 1.29 is 26.3 Å². The summed E-state index contributed by atoms with van der Waals surface area (Å²) in [6.45, 7) is 18.8. The van der Waals surface area contributed by atoms with E-state index in [1.54, 1.807) is 43.3 Å². The molecule has 39 heavy (non-hydrogen) atoms. The van der Waals surface area contributed by atoms with Crippen LogP contribution in [-0.2, 0) is 30.9 Å². The van der Waals surface area contributed by atoms with E-state index >= 15 is 0 Å². The van der Waals surface area contributed by atoms with E-state index < -0.39 is 26.1 Å². The first-order valence-electron chi connectivity index (χ1n) is 13.5. The Hall–Kier alpha value is -2.14. The highest BCUT2D eigenvalue weighted by Gasteiger charge is 2.39. The Bertz CT molecular complexity index is 1390. The monoisotopic (exact) mass is 580 g/mol. The molecular weight excluding hydrogens is 536 g/mol. The molecule has 0 N–H and O–H groups in total. The summed E-state index contributed by atoms with van der Waals surface area (Å²) in [7, 11) is -7.70. The summed E-state index contributed by atoms with van der Waals surface area (Å²) in [5, 5.41) is 0. The Balaban J connectivity index is 1.90. The van der Waals surface area contributed by atoms with Gasteiger partial charge in [0, 0.05) is 36.8 Å². The topological polar surface area (TPSA) is 93.2 Å². The largest absolute Gasteiger partial charge is 0.494 e. The van der Waals surface area contributed by atoms with Gasteiger partial charge in [-0.3, -0.25) is 0 Å². The van der Waals surface area contributed by atoms with Crippen molar-refractivity contribution in [3.05, 3.63) is 47.5 Å². The lowest BCUT2D eigenvalue weighted by molar-refractivity contribution is 0.212. The molecule has 8 nitrogen and oxygen atoms in total. The fourth-order valence-electron chi connectivity index (χ4n) is 4.84. The average Bonchev–Trinajstić information content (AvgIpc) is 2.83. The molecule has 0 aromatic heterocycles. The van der Waals surface area contributed by atoms with Crippen LogP contribution >= 0.6 is 0 Å². The molecule has 1 saturated heterocycles. The molecule has 0 saturated carbocycles. The van der Waals surface area contributed by atoms with Gasteiger partial charge in [0.2, 0.25) is 20.0 Å². The molecule has 0 bridgehead atoms. The maximum absolute atomic E-state index is 13.7. The highest BCUT2D eigenvalue weighted by Crippen LogP contribution is 2.36. The summed E-state index contributed by atoms with van der Waals surface area (Å²) in [5.74, 6) is 1.33. The van der Waals surface area contributed by atoms with Gasteiger partial charge < -0.3 is 9.47 Å². The highest BCUT2D eigenvalue weighted by molar-refractivity contribution is 7.89. The normalized spacial score (nSPS) is 18.2. The summed E-state index contributed by atoms with van der Waals surface area (Å²) >= 11 is 0. The summed E-state index contributed by atoms with van der Waals surface area (Å²) in [4.78, 5) is 0.362. The van der Waals surface area contributed by atoms with E-state index in [1.807, 2.05) is 55.4 Å². The molecular formula is C29H44N2O6S2. The zero-order chi connectivity index (χ0) is 29.4. The number of piperazine rings is 1. The van der Waals surface area contributed by atoms with Crippen molar-refractivity contribution >= 4 is 20.0 Å². The third-order valence-corrected chi connectivity index (χ3v) is 10.8. The number of hydrogen-bond acceptors (Lipinski definition) is 6. The third-order valence-electron chi connectivity index (χ3n) is 6.89. The Morgan fingerprint density at radius 3 is 1.56 bits per heavy atom. The van der Waals surface area contributed by atoms with Crippen LogP contribution in [0.3, 0.4) is 0 Å². The van der Waals surface area contributed by atoms with Gasteiger partial charge >= 0.3 is 0 Å². The number of nitrogens with zero attached hydrogens (tertiary/aromatic N) is 2. The summed E-state index contributed by atoms with van der Waals surface area (Å²) in [5.41, 5.74) is 0.979. The molecule has 0 radical (unpaired) electrons. The van der Waals surface area contributed by atoms with Crippen LogP contribution in [0.15, 0.2) is 46.2 Å². The molecule has 3 rings (SSSR count). The van der Waals surface area contributed by atoms with Crippen molar-refractivity contribution in [2.24, 2.45) is 0 Å². The molecule has 0 amide bonds. The molecule has 1 fully saturated rings. The maximum atomic E-state index is 13.7. The average molecular weight is 581 g/mol. The summed E-state index contributed by atoms with van der Waals surface area (Å²) < 4.78 is 69.1. The lowest BCUT2D eigenvalue weighted by Gasteiger charge is -2.38. The molecule has 0 spiro atoms. The molecule has 2 aromatic carbocycles. The van der Waals surface area contributed by atoms with Crippen LogP contribution in [0.25, 0.3) is 0 Å². The molecule has 218 valence electrons. The van der Waals surface area contributed by atoms with Crippen molar-refractivity contribution in [1.82, 2.24) is 8.61 Å². The number of ether oxygens (including phenoxy) is 2. The Kier molecular flexibility index (Phi) is 9.17. The van der Waals surface area contributed by atoms with E-state index in [2.05, 4.69) is 0 Å². The molecule has 1 aliphatic rings. The second-order valence-corrected chi connectivity index (χ2v) is 15.8. The number of hydrogen-bond donors (Lipinski definition) is 0. The van der Waals surface area contributed by atoms with Crippen molar-refractivity contribution in [2.45, 2.75) is 89.0 Å². The van der Waals surface area contributed by atoms with E-state index in [9.17, 15) is 16.8 Å². The lowest BCUT2D eigenvalue weighted by Crippen LogP contribution is -2.55. The van der Waals surface area contributed by atoms with E-state index in [0.29, 0.717) is 24.7 Å². The van der Waals surface area contributed by atoms with Crippen LogP contribution in [-0.4, -0.2) is 64.3 Å².